The van der Waals surface area contributed by atoms with Gasteiger partial charge < -0.3 is 10.6 Å². The van der Waals surface area contributed by atoms with Crippen LogP contribution < -0.4 is 10.6 Å². The van der Waals surface area contributed by atoms with Crippen LogP contribution in [0.2, 0.25) is 0 Å². The Bertz CT molecular complexity index is 790. The maximum Gasteiger partial charge on any atom is 0.268 e. The molecule has 4 rings (SSSR count). The molecule has 0 spiro atoms. The van der Waals surface area contributed by atoms with Gasteiger partial charge in [0.25, 0.3) is 5.91 Å². The van der Waals surface area contributed by atoms with Crippen LogP contribution in [0, 0.1) is 0 Å². The molecule has 3 heterocycles. The van der Waals surface area contributed by atoms with E-state index in [1.54, 1.807) is 22.7 Å². The molecule has 0 bridgehead atoms. The first-order chi connectivity index (χ1) is 9.74. The summed E-state index contributed by atoms with van der Waals surface area (Å²) in [5.74, 6) is 0.0649. The predicted octanol–water partition coefficient (Wildman–Crippen LogP) is 3.75. The van der Waals surface area contributed by atoms with E-state index in [4.69, 9.17) is 5.73 Å². The van der Waals surface area contributed by atoms with Gasteiger partial charge in [0, 0.05) is 15.9 Å². The number of carbonyl (C=O) groups excluding carboxylic acids is 1. The number of benzene rings is 1. The van der Waals surface area contributed by atoms with Crippen molar-refractivity contribution in [2.45, 2.75) is 6.42 Å². The maximum absolute atomic E-state index is 12.7. The highest BCUT2D eigenvalue weighted by atomic mass is 32.1. The third kappa shape index (κ3) is 1.67. The van der Waals surface area contributed by atoms with Gasteiger partial charge in [0.2, 0.25) is 0 Å². The molecule has 0 fully saturated rings. The highest BCUT2D eigenvalue weighted by Crippen LogP contribution is 2.37. The van der Waals surface area contributed by atoms with Gasteiger partial charge >= 0.3 is 0 Å². The normalized spacial score (nSPS) is 13.9. The van der Waals surface area contributed by atoms with E-state index in [0.717, 1.165) is 22.5 Å². The van der Waals surface area contributed by atoms with Gasteiger partial charge in [-0.25, -0.2) is 0 Å². The summed E-state index contributed by atoms with van der Waals surface area (Å²) in [5.41, 5.74) is 8.79. The fourth-order valence-corrected chi connectivity index (χ4v) is 4.75. The highest BCUT2D eigenvalue weighted by Gasteiger charge is 2.28. The van der Waals surface area contributed by atoms with Crippen LogP contribution in [-0.4, -0.2) is 12.5 Å². The fourth-order valence-electron chi connectivity index (χ4n) is 2.69. The van der Waals surface area contributed by atoms with Gasteiger partial charge in [-0.15, -0.1) is 22.7 Å². The van der Waals surface area contributed by atoms with Gasteiger partial charge in [0.1, 0.15) is 0 Å². The van der Waals surface area contributed by atoms with E-state index in [1.807, 2.05) is 29.2 Å². The van der Waals surface area contributed by atoms with Crippen LogP contribution in [0.3, 0.4) is 0 Å². The molecule has 20 heavy (non-hydrogen) atoms. The molecular formula is C15H12N2OS2. The van der Waals surface area contributed by atoms with Crippen LogP contribution in [0.1, 0.15) is 15.2 Å². The molecule has 1 amide bonds. The lowest BCUT2D eigenvalue weighted by atomic mass is 10.1. The number of para-hydroxylation sites is 1. The Morgan fingerprint density at radius 2 is 2.15 bits per heavy atom. The fraction of sp³-hybridized carbons (Fsp3) is 0.133. The van der Waals surface area contributed by atoms with E-state index >= 15 is 0 Å². The smallest absolute Gasteiger partial charge is 0.268 e. The minimum Gasteiger partial charge on any atom is -0.397 e. The SMILES string of the molecule is Nc1cccc2c1N(C(=O)c1cc3sccc3s1)CC2. The number of hydrogen-bond donors (Lipinski definition) is 1. The van der Waals surface area contributed by atoms with Crippen LogP contribution in [0.5, 0.6) is 0 Å². The van der Waals surface area contributed by atoms with E-state index < -0.39 is 0 Å². The molecule has 3 nitrogen and oxygen atoms in total. The average Bonchev–Trinajstić information content (AvgIpc) is 3.11. The number of nitrogens with zero attached hydrogens (tertiary/aromatic N) is 1. The van der Waals surface area contributed by atoms with Crippen LogP contribution in [0.4, 0.5) is 11.4 Å². The second kappa shape index (κ2) is 4.33. The van der Waals surface area contributed by atoms with Crippen molar-refractivity contribution in [1.82, 2.24) is 0 Å². The standard InChI is InChI=1S/C15H12N2OS2/c16-10-3-1-2-9-4-6-17(14(9)10)15(18)13-8-12-11(20-13)5-7-19-12/h1-3,5,7-8H,4,6,16H2. The number of nitrogen functional groups attached to an aromatic ring is 1. The first-order valence-electron chi connectivity index (χ1n) is 6.40. The molecule has 0 aliphatic carbocycles. The monoisotopic (exact) mass is 300 g/mol. The summed E-state index contributed by atoms with van der Waals surface area (Å²) >= 11 is 3.23. The van der Waals surface area contributed by atoms with E-state index in [0.29, 0.717) is 12.2 Å². The summed E-state index contributed by atoms with van der Waals surface area (Å²) in [6, 6.07) is 9.91. The first kappa shape index (κ1) is 11.9. The molecule has 0 radical (unpaired) electrons. The number of nitrogens with two attached hydrogens (primary N) is 1. The summed E-state index contributed by atoms with van der Waals surface area (Å²) < 4.78 is 2.36. The molecule has 1 aromatic carbocycles. The van der Waals surface area contributed by atoms with Crippen molar-refractivity contribution in [3.05, 3.63) is 46.2 Å². The minimum atomic E-state index is 0.0649. The van der Waals surface area contributed by atoms with Crippen molar-refractivity contribution in [3.8, 4) is 0 Å². The zero-order valence-electron chi connectivity index (χ0n) is 10.6. The second-order valence-corrected chi connectivity index (χ2v) is 6.85. The highest BCUT2D eigenvalue weighted by molar-refractivity contribution is 7.27. The van der Waals surface area contributed by atoms with E-state index in [-0.39, 0.29) is 5.91 Å². The molecule has 100 valence electrons. The van der Waals surface area contributed by atoms with Crippen LogP contribution in [-0.2, 0) is 6.42 Å². The van der Waals surface area contributed by atoms with E-state index in [1.165, 1.54) is 9.40 Å². The molecule has 0 saturated heterocycles. The number of amides is 1. The molecule has 1 aliphatic heterocycles. The largest absolute Gasteiger partial charge is 0.397 e. The molecule has 5 heteroatoms. The van der Waals surface area contributed by atoms with Crippen molar-refractivity contribution < 1.29 is 4.79 Å². The first-order valence-corrected chi connectivity index (χ1v) is 8.10. The lowest BCUT2D eigenvalue weighted by Crippen LogP contribution is -2.28. The summed E-state index contributed by atoms with van der Waals surface area (Å²) in [6.07, 6.45) is 0.881. The van der Waals surface area contributed by atoms with E-state index in [9.17, 15) is 4.79 Å². The number of carbonyl (C=O) groups is 1. The van der Waals surface area contributed by atoms with Crippen molar-refractivity contribution in [1.29, 1.82) is 0 Å². The molecule has 0 saturated carbocycles. The molecule has 0 atom stereocenters. The summed E-state index contributed by atoms with van der Waals surface area (Å²) in [5, 5.41) is 2.05. The summed E-state index contributed by atoms with van der Waals surface area (Å²) in [7, 11) is 0. The van der Waals surface area contributed by atoms with Gasteiger partial charge in [-0.1, -0.05) is 12.1 Å². The van der Waals surface area contributed by atoms with E-state index in [2.05, 4.69) is 11.4 Å². The Labute approximate surface area is 124 Å². The van der Waals surface area contributed by atoms with Gasteiger partial charge in [-0.2, -0.15) is 0 Å². The van der Waals surface area contributed by atoms with Gasteiger partial charge in [-0.05, 0) is 35.6 Å². The molecule has 3 aromatic rings. The lowest BCUT2D eigenvalue weighted by Gasteiger charge is -2.18. The molecule has 2 aromatic heterocycles. The summed E-state index contributed by atoms with van der Waals surface area (Å²) in [6.45, 7) is 0.716. The van der Waals surface area contributed by atoms with Crippen molar-refractivity contribution in [2.75, 3.05) is 17.2 Å². The Kier molecular flexibility index (Phi) is 2.58. The number of thiophene rings is 2. The molecular weight excluding hydrogens is 288 g/mol. The lowest BCUT2D eigenvalue weighted by molar-refractivity contribution is 0.0993. The van der Waals surface area contributed by atoms with Crippen molar-refractivity contribution in [3.63, 3.8) is 0 Å². The quantitative estimate of drug-likeness (QED) is 0.696. The second-order valence-electron chi connectivity index (χ2n) is 4.82. The Morgan fingerprint density at radius 3 is 3.00 bits per heavy atom. The Balaban J connectivity index is 1.76. The molecule has 0 unspecified atom stereocenters. The van der Waals surface area contributed by atoms with Gasteiger partial charge in [0.05, 0.1) is 16.3 Å². The third-order valence-electron chi connectivity index (χ3n) is 3.62. The predicted molar refractivity (Wildman–Crippen MR) is 85.9 cm³/mol. The minimum absolute atomic E-state index is 0.0649. The zero-order chi connectivity index (χ0) is 13.7. The van der Waals surface area contributed by atoms with Crippen LogP contribution >= 0.6 is 22.7 Å². The number of fused-ring (bicyclic) bond motifs is 2. The van der Waals surface area contributed by atoms with Crippen molar-refractivity contribution in [2.24, 2.45) is 0 Å². The third-order valence-corrected chi connectivity index (χ3v) is 5.70. The summed E-state index contributed by atoms with van der Waals surface area (Å²) in [4.78, 5) is 15.3. The number of anilines is 2. The van der Waals surface area contributed by atoms with Crippen LogP contribution in [0.25, 0.3) is 9.40 Å². The topological polar surface area (TPSA) is 46.3 Å². The Hall–Kier alpha value is -1.85. The molecule has 1 aliphatic rings. The van der Waals surface area contributed by atoms with Crippen molar-refractivity contribution >= 4 is 49.4 Å². The zero-order valence-corrected chi connectivity index (χ0v) is 12.3. The van der Waals surface area contributed by atoms with Gasteiger partial charge in [0.15, 0.2) is 0 Å². The Morgan fingerprint density at radius 1 is 1.25 bits per heavy atom. The average molecular weight is 300 g/mol. The van der Waals surface area contributed by atoms with Gasteiger partial charge in [-0.3, -0.25) is 4.79 Å². The van der Waals surface area contributed by atoms with Crippen LogP contribution in [0.15, 0.2) is 35.7 Å². The number of rotatable bonds is 1. The maximum atomic E-state index is 12.7. The molecule has 2 N–H and O–H groups in total. The number of hydrogen-bond acceptors (Lipinski definition) is 4.